The van der Waals surface area contributed by atoms with Crippen molar-refractivity contribution in [2.75, 3.05) is 26.2 Å². The van der Waals surface area contributed by atoms with Gasteiger partial charge in [-0.15, -0.1) is 0 Å². The first-order valence-corrected chi connectivity index (χ1v) is 13.5. The summed E-state index contributed by atoms with van der Waals surface area (Å²) in [5.41, 5.74) is 7.79. The first kappa shape index (κ1) is 23.6. The van der Waals surface area contributed by atoms with Crippen molar-refractivity contribution in [2.45, 2.75) is 84.2 Å². The Hall–Kier alpha value is -2.17. The zero-order chi connectivity index (χ0) is 23.8. The summed E-state index contributed by atoms with van der Waals surface area (Å²) >= 11 is 0. The number of aryl methyl sites for hydroxylation is 1. The SMILES string of the molecule is Cc1cc(-c2[nH]c3ccc(C4CCN(C5CCN(C(C)C)CC5)CC4)cc3c2C(C)C)ccn1. The summed E-state index contributed by atoms with van der Waals surface area (Å²) in [5, 5.41) is 1.40. The number of nitrogens with zero attached hydrogens (tertiary/aromatic N) is 3. The third kappa shape index (κ3) is 4.67. The summed E-state index contributed by atoms with van der Waals surface area (Å²) < 4.78 is 0. The second-order valence-corrected chi connectivity index (χ2v) is 11.2. The molecule has 0 unspecified atom stereocenters. The van der Waals surface area contributed by atoms with Crippen LogP contribution >= 0.6 is 0 Å². The van der Waals surface area contributed by atoms with Crippen LogP contribution in [0.1, 0.15) is 82.0 Å². The van der Waals surface area contributed by atoms with Gasteiger partial charge in [0.15, 0.2) is 0 Å². The van der Waals surface area contributed by atoms with Gasteiger partial charge in [-0.25, -0.2) is 0 Å². The largest absolute Gasteiger partial charge is 0.354 e. The van der Waals surface area contributed by atoms with Crippen molar-refractivity contribution in [3.8, 4) is 11.3 Å². The zero-order valence-corrected chi connectivity index (χ0v) is 21.8. The number of H-pyrrole nitrogens is 1. The molecule has 2 aliphatic heterocycles. The first-order chi connectivity index (χ1) is 16.4. The van der Waals surface area contributed by atoms with Gasteiger partial charge < -0.3 is 14.8 Å². The summed E-state index contributed by atoms with van der Waals surface area (Å²) in [6.07, 6.45) is 7.17. The molecule has 2 aromatic heterocycles. The molecule has 4 heteroatoms. The molecule has 0 aliphatic carbocycles. The predicted octanol–water partition coefficient (Wildman–Crippen LogP) is 6.71. The van der Waals surface area contributed by atoms with Crippen molar-refractivity contribution in [3.05, 3.63) is 53.3 Å². The fourth-order valence-electron chi connectivity index (χ4n) is 6.38. The molecule has 2 fully saturated rings. The Morgan fingerprint density at radius 3 is 2.29 bits per heavy atom. The molecule has 4 heterocycles. The summed E-state index contributed by atoms with van der Waals surface area (Å²) in [4.78, 5) is 13.6. The van der Waals surface area contributed by atoms with Crippen LogP contribution < -0.4 is 0 Å². The molecular formula is C30H42N4. The molecule has 2 saturated heterocycles. The summed E-state index contributed by atoms with van der Waals surface area (Å²) in [6, 6.07) is 13.0. The molecule has 0 spiro atoms. The first-order valence-electron chi connectivity index (χ1n) is 13.5. The molecule has 2 aliphatic rings. The molecule has 0 saturated carbocycles. The van der Waals surface area contributed by atoms with E-state index in [0.717, 1.165) is 11.7 Å². The molecule has 0 amide bonds. The molecule has 182 valence electrons. The Bertz CT molecular complexity index is 1110. The molecule has 5 rings (SSSR count). The van der Waals surface area contributed by atoms with Crippen molar-refractivity contribution in [1.29, 1.82) is 0 Å². The lowest BCUT2D eigenvalue weighted by Crippen LogP contribution is -2.48. The number of fused-ring (bicyclic) bond motifs is 1. The van der Waals surface area contributed by atoms with E-state index in [1.807, 2.05) is 6.20 Å². The number of likely N-dealkylation sites (tertiary alicyclic amines) is 2. The maximum atomic E-state index is 4.40. The van der Waals surface area contributed by atoms with Gasteiger partial charge in [0, 0.05) is 40.4 Å². The van der Waals surface area contributed by atoms with Crippen LogP contribution in [0.25, 0.3) is 22.2 Å². The van der Waals surface area contributed by atoms with Gasteiger partial charge in [-0.3, -0.25) is 4.98 Å². The molecule has 1 aromatic carbocycles. The third-order valence-corrected chi connectivity index (χ3v) is 8.37. The van der Waals surface area contributed by atoms with E-state index < -0.39 is 0 Å². The average Bonchev–Trinajstić information content (AvgIpc) is 3.23. The van der Waals surface area contributed by atoms with Crippen LogP contribution in [-0.2, 0) is 0 Å². The number of benzene rings is 1. The van der Waals surface area contributed by atoms with Gasteiger partial charge in [0.1, 0.15) is 0 Å². The van der Waals surface area contributed by atoms with Gasteiger partial charge >= 0.3 is 0 Å². The maximum absolute atomic E-state index is 4.40. The Balaban J connectivity index is 1.33. The van der Waals surface area contributed by atoms with Gasteiger partial charge in [-0.2, -0.15) is 0 Å². The van der Waals surface area contributed by atoms with Gasteiger partial charge in [0.25, 0.3) is 0 Å². The fraction of sp³-hybridized carbons (Fsp3) is 0.567. The van der Waals surface area contributed by atoms with Crippen molar-refractivity contribution >= 4 is 10.9 Å². The van der Waals surface area contributed by atoms with E-state index in [4.69, 9.17) is 0 Å². The normalized spacial score (nSPS) is 19.6. The smallest absolute Gasteiger partial charge is 0.0501 e. The van der Waals surface area contributed by atoms with Gasteiger partial charge in [0.2, 0.25) is 0 Å². The van der Waals surface area contributed by atoms with Crippen LogP contribution in [0.3, 0.4) is 0 Å². The second kappa shape index (κ2) is 9.83. The van der Waals surface area contributed by atoms with E-state index >= 15 is 0 Å². The molecule has 3 aromatic rings. The van der Waals surface area contributed by atoms with E-state index in [1.54, 1.807) is 0 Å². The molecular weight excluding hydrogens is 416 g/mol. The van der Waals surface area contributed by atoms with Crippen molar-refractivity contribution in [1.82, 2.24) is 19.8 Å². The van der Waals surface area contributed by atoms with Gasteiger partial charge in [-0.1, -0.05) is 19.9 Å². The number of pyridine rings is 1. The Kier molecular flexibility index (Phi) is 6.81. The Morgan fingerprint density at radius 2 is 1.65 bits per heavy atom. The summed E-state index contributed by atoms with van der Waals surface area (Å²) in [6.45, 7) is 16.4. The maximum Gasteiger partial charge on any atom is 0.0501 e. The Morgan fingerprint density at radius 1 is 0.912 bits per heavy atom. The quantitative estimate of drug-likeness (QED) is 0.461. The Labute approximate surface area is 205 Å². The number of aromatic amines is 1. The highest BCUT2D eigenvalue weighted by molar-refractivity contribution is 5.92. The molecule has 1 N–H and O–H groups in total. The lowest BCUT2D eigenvalue weighted by Gasteiger charge is -2.43. The van der Waals surface area contributed by atoms with Crippen molar-refractivity contribution in [3.63, 3.8) is 0 Å². The van der Waals surface area contributed by atoms with Crippen molar-refractivity contribution in [2.24, 2.45) is 0 Å². The van der Waals surface area contributed by atoms with Crippen LogP contribution in [0.4, 0.5) is 0 Å². The number of aromatic nitrogens is 2. The minimum absolute atomic E-state index is 0.464. The van der Waals surface area contributed by atoms with E-state index in [9.17, 15) is 0 Å². The van der Waals surface area contributed by atoms with Crippen LogP contribution in [0.5, 0.6) is 0 Å². The van der Waals surface area contributed by atoms with Gasteiger partial charge in [-0.05, 0) is 120 Å². The molecule has 34 heavy (non-hydrogen) atoms. The van der Waals surface area contributed by atoms with E-state index in [1.165, 1.54) is 85.1 Å². The fourth-order valence-corrected chi connectivity index (χ4v) is 6.38. The zero-order valence-electron chi connectivity index (χ0n) is 21.8. The highest BCUT2D eigenvalue weighted by Crippen LogP contribution is 2.38. The lowest BCUT2D eigenvalue weighted by molar-refractivity contribution is 0.0753. The number of nitrogens with one attached hydrogen (secondary N) is 1. The van der Waals surface area contributed by atoms with E-state index in [-0.39, 0.29) is 0 Å². The lowest BCUT2D eigenvalue weighted by atomic mass is 9.86. The molecule has 0 atom stereocenters. The molecule has 0 bridgehead atoms. The standard InChI is InChI=1S/C30H42N4/c1-20(2)29-27-19-24(6-7-28(27)32-30(29)25-8-13-31-22(5)18-25)23-9-14-34(15-10-23)26-11-16-33(17-12-26)21(3)4/h6-8,13,18-21,23,26,32H,9-12,14-17H2,1-5H3. The second-order valence-electron chi connectivity index (χ2n) is 11.2. The number of piperidine rings is 2. The monoisotopic (exact) mass is 458 g/mol. The number of rotatable bonds is 5. The topological polar surface area (TPSA) is 35.2 Å². The van der Waals surface area contributed by atoms with Crippen molar-refractivity contribution < 1.29 is 0 Å². The van der Waals surface area contributed by atoms with Crippen LogP contribution in [0.15, 0.2) is 36.5 Å². The molecule has 4 nitrogen and oxygen atoms in total. The minimum atomic E-state index is 0.464. The van der Waals surface area contributed by atoms with E-state index in [0.29, 0.717) is 17.9 Å². The van der Waals surface area contributed by atoms with Crippen LogP contribution in [0, 0.1) is 6.92 Å². The van der Waals surface area contributed by atoms with Crippen LogP contribution in [-0.4, -0.2) is 58.0 Å². The molecule has 0 radical (unpaired) electrons. The van der Waals surface area contributed by atoms with Gasteiger partial charge in [0.05, 0.1) is 5.69 Å². The highest BCUT2D eigenvalue weighted by atomic mass is 15.2. The third-order valence-electron chi connectivity index (χ3n) is 8.37. The predicted molar refractivity (Wildman–Crippen MR) is 144 cm³/mol. The van der Waals surface area contributed by atoms with Crippen LogP contribution in [0.2, 0.25) is 0 Å². The summed E-state index contributed by atoms with van der Waals surface area (Å²) in [5.74, 6) is 1.14. The summed E-state index contributed by atoms with van der Waals surface area (Å²) in [7, 11) is 0. The highest BCUT2D eigenvalue weighted by Gasteiger charge is 2.29. The number of hydrogen-bond acceptors (Lipinski definition) is 3. The average molecular weight is 459 g/mol. The number of hydrogen-bond donors (Lipinski definition) is 1. The van der Waals surface area contributed by atoms with E-state index in [2.05, 4.69) is 84.7 Å². The minimum Gasteiger partial charge on any atom is -0.354 e.